The number of para-hydroxylation sites is 1. The Kier molecular flexibility index (Phi) is 6.17. The van der Waals surface area contributed by atoms with Crippen molar-refractivity contribution in [1.82, 2.24) is 0 Å². The Morgan fingerprint density at radius 3 is 1.91 bits per heavy atom. The summed E-state index contributed by atoms with van der Waals surface area (Å²) in [6, 6.07) is 62.6. The summed E-state index contributed by atoms with van der Waals surface area (Å²) in [5.74, 6) is 0. The van der Waals surface area contributed by atoms with Gasteiger partial charge in [0.05, 0.1) is 0 Å². The predicted molar refractivity (Wildman–Crippen MR) is 194 cm³/mol. The molecule has 9 rings (SSSR count). The van der Waals surface area contributed by atoms with Crippen LogP contribution in [0.4, 0.5) is 17.1 Å². The lowest BCUT2D eigenvalue weighted by atomic mass is 9.92. The molecule has 216 valence electrons. The second-order valence-electron chi connectivity index (χ2n) is 11.7. The number of anilines is 3. The van der Waals surface area contributed by atoms with Crippen LogP contribution in [-0.2, 0) is 0 Å². The Balaban J connectivity index is 1.26. The summed E-state index contributed by atoms with van der Waals surface area (Å²) >= 11 is 0. The van der Waals surface area contributed by atoms with Crippen LogP contribution in [0.25, 0.3) is 65.7 Å². The van der Waals surface area contributed by atoms with Crippen LogP contribution in [-0.4, -0.2) is 0 Å². The molecule has 1 aromatic heterocycles. The number of hydrogen-bond acceptors (Lipinski definition) is 2. The zero-order valence-electron chi connectivity index (χ0n) is 25.1. The first-order valence-corrected chi connectivity index (χ1v) is 15.7. The van der Waals surface area contributed by atoms with Crippen molar-refractivity contribution in [2.24, 2.45) is 0 Å². The minimum Gasteiger partial charge on any atom is -0.456 e. The summed E-state index contributed by atoms with van der Waals surface area (Å²) in [4.78, 5) is 2.33. The van der Waals surface area contributed by atoms with E-state index in [4.69, 9.17) is 4.42 Å². The first-order chi connectivity index (χ1) is 22.8. The number of furan rings is 1. The Morgan fingerprint density at radius 2 is 1.02 bits per heavy atom. The van der Waals surface area contributed by atoms with Gasteiger partial charge < -0.3 is 9.32 Å². The first kappa shape index (κ1) is 26.3. The van der Waals surface area contributed by atoms with Crippen molar-refractivity contribution in [3.63, 3.8) is 0 Å². The Bertz CT molecular complexity index is 2530. The molecule has 0 unspecified atom stereocenters. The molecule has 0 amide bonds. The van der Waals surface area contributed by atoms with Gasteiger partial charge in [-0.1, -0.05) is 127 Å². The smallest absolute Gasteiger partial charge is 0.136 e. The SMILES string of the molecule is c1ccc(-c2cccc(N(c3ccccc3)c3ccc4oc5cccc(-c6cccc7c6ccc6ccccc67)c5c4c3)c2)cc1. The van der Waals surface area contributed by atoms with Crippen molar-refractivity contribution < 1.29 is 4.42 Å². The molecule has 0 atom stereocenters. The number of fused-ring (bicyclic) bond motifs is 6. The molecule has 0 spiro atoms. The van der Waals surface area contributed by atoms with Gasteiger partial charge in [-0.05, 0) is 92.3 Å². The van der Waals surface area contributed by atoms with Gasteiger partial charge in [-0.15, -0.1) is 0 Å². The molecule has 2 nitrogen and oxygen atoms in total. The fourth-order valence-electron chi connectivity index (χ4n) is 6.93. The van der Waals surface area contributed by atoms with Gasteiger partial charge in [0.1, 0.15) is 11.2 Å². The van der Waals surface area contributed by atoms with Crippen LogP contribution >= 0.6 is 0 Å². The molecule has 0 aliphatic heterocycles. The second kappa shape index (κ2) is 10.8. The van der Waals surface area contributed by atoms with Crippen LogP contribution in [0.15, 0.2) is 180 Å². The van der Waals surface area contributed by atoms with Crippen LogP contribution in [0.1, 0.15) is 0 Å². The molecule has 0 aliphatic carbocycles. The minimum atomic E-state index is 0.878. The highest BCUT2D eigenvalue weighted by molar-refractivity contribution is 6.18. The average molecular weight is 588 g/mol. The third-order valence-corrected chi connectivity index (χ3v) is 9.04. The average Bonchev–Trinajstić information content (AvgIpc) is 3.51. The monoisotopic (exact) mass is 587 g/mol. The van der Waals surface area contributed by atoms with E-state index in [0.717, 1.165) is 39.0 Å². The van der Waals surface area contributed by atoms with E-state index < -0.39 is 0 Å². The molecule has 0 radical (unpaired) electrons. The standard InChI is InChI=1S/C44H29NO/c1-3-12-30(13-4-1)32-15-9-18-34(28-32)45(33-16-5-2-6-17-33)35-25-27-42-41(29-35)44-40(22-11-23-43(44)46-42)38-21-10-20-37-36-19-8-7-14-31(36)24-26-39(37)38/h1-29H. The van der Waals surface area contributed by atoms with E-state index in [0.29, 0.717) is 0 Å². The zero-order chi connectivity index (χ0) is 30.5. The molecule has 9 aromatic rings. The fourth-order valence-corrected chi connectivity index (χ4v) is 6.93. The van der Waals surface area contributed by atoms with Crippen molar-refractivity contribution in [3.05, 3.63) is 176 Å². The lowest BCUT2D eigenvalue weighted by molar-refractivity contribution is 0.669. The maximum Gasteiger partial charge on any atom is 0.136 e. The largest absolute Gasteiger partial charge is 0.456 e. The molecular weight excluding hydrogens is 558 g/mol. The van der Waals surface area contributed by atoms with Gasteiger partial charge >= 0.3 is 0 Å². The van der Waals surface area contributed by atoms with Crippen LogP contribution in [0.2, 0.25) is 0 Å². The Morgan fingerprint density at radius 1 is 0.348 bits per heavy atom. The molecule has 8 aromatic carbocycles. The number of hydrogen-bond donors (Lipinski definition) is 0. The van der Waals surface area contributed by atoms with Gasteiger partial charge in [-0.3, -0.25) is 0 Å². The van der Waals surface area contributed by atoms with Crippen LogP contribution in [0.3, 0.4) is 0 Å². The predicted octanol–water partition coefficient (Wildman–Crippen LogP) is 12.7. The van der Waals surface area contributed by atoms with Gasteiger partial charge in [0, 0.05) is 27.8 Å². The molecule has 0 saturated heterocycles. The van der Waals surface area contributed by atoms with Gasteiger partial charge in [0.2, 0.25) is 0 Å². The molecule has 1 heterocycles. The van der Waals surface area contributed by atoms with E-state index in [9.17, 15) is 0 Å². The zero-order valence-corrected chi connectivity index (χ0v) is 25.1. The summed E-state index contributed by atoms with van der Waals surface area (Å²) in [6.07, 6.45) is 0. The Hall–Kier alpha value is -6.12. The van der Waals surface area contributed by atoms with Crippen molar-refractivity contribution in [2.45, 2.75) is 0 Å². The molecule has 46 heavy (non-hydrogen) atoms. The molecule has 0 fully saturated rings. The van der Waals surface area contributed by atoms with E-state index >= 15 is 0 Å². The van der Waals surface area contributed by atoms with Gasteiger partial charge in [0.15, 0.2) is 0 Å². The molecule has 0 N–H and O–H groups in total. The normalized spacial score (nSPS) is 11.5. The van der Waals surface area contributed by atoms with Crippen molar-refractivity contribution in [2.75, 3.05) is 4.90 Å². The Labute approximate surface area is 267 Å². The third kappa shape index (κ3) is 4.35. The van der Waals surface area contributed by atoms with Gasteiger partial charge in [0.25, 0.3) is 0 Å². The third-order valence-electron chi connectivity index (χ3n) is 9.04. The molecule has 0 bridgehead atoms. The molecule has 2 heteroatoms. The summed E-state index contributed by atoms with van der Waals surface area (Å²) in [7, 11) is 0. The van der Waals surface area contributed by atoms with Crippen LogP contribution in [0.5, 0.6) is 0 Å². The van der Waals surface area contributed by atoms with Crippen molar-refractivity contribution >= 4 is 60.5 Å². The van der Waals surface area contributed by atoms with Crippen LogP contribution in [0, 0.1) is 0 Å². The van der Waals surface area contributed by atoms with Crippen LogP contribution < -0.4 is 4.90 Å². The summed E-state index contributed by atoms with van der Waals surface area (Å²) in [5.41, 5.74) is 9.79. The molecule has 0 aliphatic rings. The summed E-state index contributed by atoms with van der Waals surface area (Å²) in [5, 5.41) is 7.25. The highest BCUT2D eigenvalue weighted by Gasteiger charge is 2.19. The van der Waals surface area contributed by atoms with E-state index in [-0.39, 0.29) is 0 Å². The van der Waals surface area contributed by atoms with E-state index in [1.165, 1.54) is 43.8 Å². The highest BCUT2D eigenvalue weighted by Crippen LogP contribution is 2.43. The maximum absolute atomic E-state index is 6.50. The van der Waals surface area contributed by atoms with Crippen molar-refractivity contribution in [3.8, 4) is 22.3 Å². The summed E-state index contributed by atoms with van der Waals surface area (Å²) in [6.45, 7) is 0. The number of benzene rings is 8. The maximum atomic E-state index is 6.50. The quantitative estimate of drug-likeness (QED) is 0.186. The molecular formula is C44H29NO. The topological polar surface area (TPSA) is 16.4 Å². The van der Waals surface area contributed by atoms with Crippen molar-refractivity contribution in [1.29, 1.82) is 0 Å². The van der Waals surface area contributed by atoms with E-state index in [1.54, 1.807) is 0 Å². The highest BCUT2D eigenvalue weighted by atomic mass is 16.3. The van der Waals surface area contributed by atoms with E-state index in [2.05, 4.69) is 181 Å². The van der Waals surface area contributed by atoms with E-state index in [1.807, 2.05) is 0 Å². The summed E-state index contributed by atoms with van der Waals surface area (Å²) < 4.78 is 6.50. The van der Waals surface area contributed by atoms with Gasteiger partial charge in [-0.2, -0.15) is 0 Å². The first-order valence-electron chi connectivity index (χ1n) is 15.7. The lowest BCUT2D eigenvalue weighted by Gasteiger charge is -2.26. The number of rotatable bonds is 5. The lowest BCUT2D eigenvalue weighted by Crippen LogP contribution is -2.09. The van der Waals surface area contributed by atoms with Gasteiger partial charge in [-0.25, -0.2) is 0 Å². The second-order valence-corrected chi connectivity index (χ2v) is 11.7. The number of nitrogens with zero attached hydrogens (tertiary/aromatic N) is 1. The fraction of sp³-hybridized carbons (Fsp3) is 0. The minimum absolute atomic E-state index is 0.878. The molecule has 0 saturated carbocycles.